The van der Waals surface area contributed by atoms with E-state index in [1.165, 1.54) is 13.2 Å². The van der Waals surface area contributed by atoms with Crippen LogP contribution in [0, 0.1) is 0 Å². The summed E-state index contributed by atoms with van der Waals surface area (Å²) in [7, 11) is 1.36. The Labute approximate surface area is 202 Å². The lowest BCUT2D eigenvalue weighted by molar-refractivity contribution is -0.138. The molecule has 0 spiro atoms. The summed E-state index contributed by atoms with van der Waals surface area (Å²) >= 11 is 0. The van der Waals surface area contributed by atoms with Crippen molar-refractivity contribution in [3.63, 3.8) is 0 Å². The molecule has 0 saturated heterocycles. The standard InChI is InChI=1S/C23H28N6O6/c1-29(13-20(25)31)22(33)18(10-16-8-5-9-26-12-16)27-21(32)17(11-19(24)30)28-23(34)35-14-15-6-3-2-4-7-15/h2-9,12,17-18H,10-11,13-14H2,1H3,(H2,24,30)(H2,25,31)(H,27,32)(H,28,34)/t17-,18-/m0/s1. The molecule has 2 atom stereocenters. The van der Waals surface area contributed by atoms with Crippen molar-refractivity contribution < 1.29 is 28.7 Å². The van der Waals surface area contributed by atoms with E-state index in [-0.39, 0.29) is 19.6 Å². The summed E-state index contributed by atoms with van der Waals surface area (Å²) in [5.41, 5.74) is 11.8. The monoisotopic (exact) mass is 484 g/mol. The highest BCUT2D eigenvalue weighted by atomic mass is 16.5. The maximum atomic E-state index is 13.0. The van der Waals surface area contributed by atoms with Crippen LogP contribution in [0.1, 0.15) is 17.5 Å². The highest BCUT2D eigenvalue weighted by Gasteiger charge is 2.30. The number of carbonyl (C=O) groups is 5. The lowest BCUT2D eigenvalue weighted by Gasteiger charge is -2.26. The van der Waals surface area contributed by atoms with Crippen LogP contribution < -0.4 is 22.1 Å². The number of benzene rings is 1. The fourth-order valence-corrected chi connectivity index (χ4v) is 3.12. The van der Waals surface area contributed by atoms with Gasteiger partial charge in [-0.25, -0.2) is 4.79 Å². The van der Waals surface area contributed by atoms with E-state index in [4.69, 9.17) is 16.2 Å². The summed E-state index contributed by atoms with van der Waals surface area (Å²) in [6.45, 7) is -0.426. The van der Waals surface area contributed by atoms with Crippen LogP contribution in [-0.2, 0) is 36.9 Å². The molecule has 0 aliphatic rings. The number of hydrogen-bond donors (Lipinski definition) is 4. The second-order valence-electron chi connectivity index (χ2n) is 7.72. The zero-order chi connectivity index (χ0) is 25.8. The molecular weight excluding hydrogens is 456 g/mol. The number of ether oxygens (including phenoxy) is 1. The van der Waals surface area contributed by atoms with Gasteiger partial charge in [0.1, 0.15) is 18.7 Å². The van der Waals surface area contributed by atoms with E-state index in [0.29, 0.717) is 5.56 Å². The van der Waals surface area contributed by atoms with Gasteiger partial charge in [0, 0.05) is 25.9 Å². The van der Waals surface area contributed by atoms with Crippen LogP contribution in [0.4, 0.5) is 4.79 Å². The number of nitrogens with one attached hydrogen (secondary N) is 2. The minimum atomic E-state index is -1.40. The molecule has 1 aromatic heterocycles. The van der Waals surface area contributed by atoms with Crippen molar-refractivity contribution in [3.8, 4) is 0 Å². The summed E-state index contributed by atoms with van der Waals surface area (Å²) in [6.07, 6.45) is 1.61. The van der Waals surface area contributed by atoms with Gasteiger partial charge in [0.25, 0.3) is 0 Å². The third-order valence-electron chi connectivity index (χ3n) is 4.77. The fraction of sp³-hybridized carbons (Fsp3) is 0.304. The number of likely N-dealkylation sites (N-methyl/N-ethyl adjacent to an activating group) is 1. The molecule has 12 heteroatoms. The van der Waals surface area contributed by atoms with E-state index in [1.54, 1.807) is 48.7 Å². The smallest absolute Gasteiger partial charge is 0.408 e. The van der Waals surface area contributed by atoms with Gasteiger partial charge in [0.05, 0.1) is 13.0 Å². The molecule has 2 rings (SSSR count). The molecule has 1 heterocycles. The zero-order valence-electron chi connectivity index (χ0n) is 19.2. The molecule has 0 radical (unpaired) electrons. The molecule has 0 aliphatic carbocycles. The van der Waals surface area contributed by atoms with Crippen molar-refractivity contribution in [1.29, 1.82) is 0 Å². The first-order chi connectivity index (χ1) is 16.7. The number of nitrogens with two attached hydrogens (primary N) is 2. The van der Waals surface area contributed by atoms with Crippen molar-refractivity contribution >= 4 is 29.7 Å². The lowest BCUT2D eigenvalue weighted by Crippen LogP contribution is -2.56. The zero-order valence-corrected chi connectivity index (χ0v) is 19.2. The third kappa shape index (κ3) is 9.50. The minimum Gasteiger partial charge on any atom is -0.445 e. The SMILES string of the molecule is CN(CC(N)=O)C(=O)[C@H](Cc1cccnc1)NC(=O)[C@H](CC(N)=O)NC(=O)OCc1ccccc1. The molecule has 12 nitrogen and oxygen atoms in total. The Morgan fingerprint density at radius 3 is 2.23 bits per heavy atom. The Bertz CT molecular complexity index is 1030. The highest BCUT2D eigenvalue weighted by Crippen LogP contribution is 2.07. The number of pyridine rings is 1. The van der Waals surface area contributed by atoms with Gasteiger partial charge < -0.3 is 31.7 Å². The molecule has 35 heavy (non-hydrogen) atoms. The summed E-state index contributed by atoms with van der Waals surface area (Å²) in [4.78, 5) is 66.0. The van der Waals surface area contributed by atoms with Crippen LogP contribution in [0.15, 0.2) is 54.9 Å². The van der Waals surface area contributed by atoms with E-state index < -0.39 is 48.2 Å². The van der Waals surface area contributed by atoms with Crippen LogP contribution >= 0.6 is 0 Å². The van der Waals surface area contributed by atoms with Crippen molar-refractivity contribution in [3.05, 3.63) is 66.0 Å². The summed E-state index contributed by atoms with van der Waals surface area (Å²) in [6, 6.07) is 9.66. The first-order valence-corrected chi connectivity index (χ1v) is 10.6. The number of rotatable bonds is 12. The van der Waals surface area contributed by atoms with Gasteiger partial charge in [-0.05, 0) is 17.2 Å². The molecular formula is C23H28N6O6. The van der Waals surface area contributed by atoms with E-state index in [1.807, 2.05) is 0 Å². The van der Waals surface area contributed by atoms with Crippen molar-refractivity contribution in [2.45, 2.75) is 31.5 Å². The molecule has 2 aromatic rings. The van der Waals surface area contributed by atoms with Gasteiger partial charge in [-0.1, -0.05) is 36.4 Å². The topological polar surface area (TPSA) is 187 Å². The van der Waals surface area contributed by atoms with Crippen LogP contribution in [0.25, 0.3) is 0 Å². The Kier molecular flexibility index (Phi) is 10.2. The molecule has 0 fully saturated rings. The maximum Gasteiger partial charge on any atom is 0.408 e. The number of primary amides is 2. The van der Waals surface area contributed by atoms with Crippen LogP contribution in [0.3, 0.4) is 0 Å². The average molecular weight is 485 g/mol. The van der Waals surface area contributed by atoms with Gasteiger partial charge in [0.2, 0.25) is 23.6 Å². The number of nitrogens with zero attached hydrogens (tertiary/aromatic N) is 2. The van der Waals surface area contributed by atoms with Gasteiger partial charge in [-0.15, -0.1) is 0 Å². The Morgan fingerprint density at radius 2 is 1.63 bits per heavy atom. The van der Waals surface area contributed by atoms with Crippen molar-refractivity contribution in [2.75, 3.05) is 13.6 Å². The number of aromatic nitrogens is 1. The molecule has 186 valence electrons. The summed E-state index contributed by atoms with van der Waals surface area (Å²) < 4.78 is 5.10. The highest BCUT2D eigenvalue weighted by molar-refractivity contribution is 5.94. The molecule has 1 aromatic carbocycles. The van der Waals surface area contributed by atoms with Crippen molar-refractivity contribution in [2.24, 2.45) is 11.5 Å². The predicted octanol–water partition coefficient (Wildman–Crippen LogP) is -0.777. The number of alkyl carbamates (subject to hydrolysis) is 1. The largest absolute Gasteiger partial charge is 0.445 e. The Hall–Kier alpha value is -4.48. The van der Waals surface area contributed by atoms with Gasteiger partial charge in [-0.3, -0.25) is 24.2 Å². The van der Waals surface area contributed by atoms with Crippen molar-refractivity contribution in [1.82, 2.24) is 20.5 Å². The molecule has 5 amide bonds. The van der Waals surface area contributed by atoms with E-state index in [0.717, 1.165) is 10.5 Å². The number of hydrogen-bond acceptors (Lipinski definition) is 7. The van der Waals surface area contributed by atoms with Crippen LogP contribution in [0.5, 0.6) is 0 Å². The summed E-state index contributed by atoms with van der Waals surface area (Å²) in [5, 5.41) is 4.82. The minimum absolute atomic E-state index is 0.0310. The summed E-state index contributed by atoms with van der Waals surface area (Å²) in [5.74, 6) is -3.03. The normalized spacial score (nSPS) is 12.0. The molecule has 0 aliphatic heterocycles. The second-order valence-corrected chi connectivity index (χ2v) is 7.72. The van der Waals surface area contributed by atoms with E-state index in [9.17, 15) is 24.0 Å². The van der Waals surface area contributed by atoms with E-state index in [2.05, 4.69) is 15.6 Å². The van der Waals surface area contributed by atoms with E-state index >= 15 is 0 Å². The number of amides is 5. The fourth-order valence-electron chi connectivity index (χ4n) is 3.12. The van der Waals surface area contributed by atoms with Gasteiger partial charge >= 0.3 is 6.09 Å². The average Bonchev–Trinajstić information content (AvgIpc) is 2.82. The third-order valence-corrected chi connectivity index (χ3v) is 4.77. The molecule has 0 bridgehead atoms. The first kappa shape index (κ1) is 26.8. The second kappa shape index (κ2) is 13.3. The molecule has 0 saturated carbocycles. The molecule has 6 N–H and O–H groups in total. The Morgan fingerprint density at radius 1 is 0.943 bits per heavy atom. The lowest BCUT2D eigenvalue weighted by atomic mass is 10.1. The Balaban J connectivity index is 2.12. The van der Waals surface area contributed by atoms with Crippen LogP contribution in [-0.4, -0.2) is 65.3 Å². The maximum absolute atomic E-state index is 13.0. The van der Waals surface area contributed by atoms with Gasteiger partial charge in [-0.2, -0.15) is 0 Å². The van der Waals surface area contributed by atoms with Gasteiger partial charge in [0.15, 0.2) is 0 Å². The first-order valence-electron chi connectivity index (χ1n) is 10.6. The van der Waals surface area contributed by atoms with Crippen LogP contribution in [0.2, 0.25) is 0 Å². The quantitative estimate of drug-likeness (QED) is 0.304. The predicted molar refractivity (Wildman–Crippen MR) is 124 cm³/mol. The number of carbonyl (C=O) groups excluding carboxylic acids is 5. The molecule has 0 unspecified atom stereocenters.